The lowest BCUT2D eigenvalue weighted by molar-refractivity contribution is -0.0517. The Labute approximate surface area is 105 Å². The zero-order valence-corrected chi connectivity index (χ0v) is 11.1. The molecule has 17 heavy (non-hydrogen) atoms. The molecule has 2 heterocycles. The first-order chi connectivity index (χ1) is 8.33. The third-order valence-electron chi connectivity index (χ3n) is 5.12. The molecule has 98 valence electrons. The first-order valence-corrected chi connectivity index (χ1v) is 7.38. The van der Waals surface area contributed by atoms with E-state index in [0.29, 0.717) is 6.04 Å². The van der Waals surface area contributed by atoms with Gasteiger partial charge in [0.25, 0.3) is 0 Å². The highest BCUT2D eigenvalue weighted by atomic mass is 16.5. The lowest BCUT2D eigenvalue weighted by Crippen LogP contribution is -2.55. The second-order valence-corrected chi connectivity index (χ2v) is 6.08. The van der Waals surface area contributed by atoms with Crippen LogP contribution in [0.4, 0.5) is 0 Å². The van der Waals surface area contributed by atoms with Crippen molar-refractivity contribution in [2.45, 2.75) is 62.6 Å². The molecule has 0 aromatic rings. The number of nitrogens with zero attached hydrogens (tertiary/aromatic N) is 1. The standard InChI is InChI=1S/C14H26N2O/c1-15-12-11-14(6-4-10-17-14)7-5-13(12)16-8-2-3-9-16/h12-13,15H,2-11H2,1H3/t12-,13-,14+/m1/s1. The van der Waals surface area contributed by atoms with Crippen LogP contribution in [0, 0.1) is 0 Å². The summed E-state index contributed by atoms with van der Waals surface area (Å²) in [6.07, 6.45) is 9.19. The molecule has 3 fully saturated rings. The van der Waals surface area contributed by atoms with E-state index in [1.165, 1.54) is 58.0 Å². The maximum atomic E-state index is 6.07. The Bertz CT molecular complexity index is 257. The molecule has 0 bridgehead atoms. The van der Waals surface area contributed by atoms with E-state index in [9.17, 15) is 0 Å². The lowest BCUT2D eigenvalue weighted by Gasteiger charge is -2.45. The van der Waals surface area contributed by atoms with Gasteiger partial charge in [-0.2, -0.15) is 0 Å². The fraction of sp³-hybridized carbons (Fsp3) is 1.00. The van der Waals surface area contributed by atoms with Gasteiger partial charge >= 0.3 is 0 Å². The monoisotopic (exact) mass is 238 g/mol. The largest absolute Gasteiger partial charge is 0.375 e. The minimum absolute atomic E-state index is 0.240. The molecule has 2 aliphatic heterocycles. The molecule has 3 aliphatic rings. The second-order valence-electron chi connectivity index (χ2n) is 6.08. The molecule has 1 aliphatic carbocycles. The van der Waals surface area contributed by atoms with Crippen molar-refractivity contribution in [1.29, 1.82) is 0 Å². The normalized spacial score (nSPS) is 43.6. The van der Waals surface area contributed by atoms with E-state index < -0.39 is 0 Å². The van der Waals surface area contributed by atoms with Gasteiger partial charge in [-0.15, -0.1) is 0 Å². The molecular weight excluding hydrogens is 212 g/mol. The Hall–Kier alpha value is -0.120. The molecule has 3 nitrogen and oxygen atoms in total. The molecule has 0 unspecified atom stereocenters. The van der Waals surface area contributed by atoms with Gasteiger partial charge in [-0.25, -0.2) is 0 Å². The summed E-state index contributed by atoms with van der Waals surface area (Å²) in [6, 6.07) is 1.40. The molecule has 2 saturated heterocycles. The van der Waals surface area contributed by atoms with Gasteiger partial charge in [-0.3, -0.25) is 4.90 Å². The van der Waals surface area contributed by atoms with Crippen LogP contribution in [-0.2, 0) is 4.74 Å². The van der Waals surface area contributed by atoms with E-state index in [1.807, 2.05) is 0 Å². The summed E-state index contributed by atoms with van der Waals surface area (Å²) in [4.78, 5) is 2.71. The summed E-state index contributed by atoms with van der Waals surface area (Å²) in [5.74, 6) is 0. The lowest BCUT2D eigenvalue weighted by atomic mass is 9.77. The van der Waals surface area contributed by atoms with E-state index in [-0.39, 0.29) is 5.60 Å². The summed E-state index contributed by atoms with van der Waals surface area (Å²) in [7, 11) is 2.13. The van der Waals surface area contributed by atoms with Crippen LogP contribution in [0.25, 0.3) is 0 Å². The minimum Gasteiger partial charge on any atom is -0.375 e. The first-order valence-electron chi connectivity index (χ1n) is 7.38. The maximum Gasteiger partial charge on any atom is 0.0699 e. The Morgan fingerprint density at radius 1 is 1.18 bits per heavy atom. The highest BCUT2D eigenvalue weighted by molar-refractivity contribution is 5.00. The number of rotatable bonds is 2. The zero-order valence-electron chi connectivity index (χ0n) is 11.1. The fourth-order valence-corrected chi connectivity index (χ4v) is 4.17. The van der Waals surface area contributed by atoms with E-state index >= 15 is 0 Å². The first kappa shape index (κ1) is 11.9. The van der Waals surface area contributed by atoms with Crippen LogP contribution in [0.15, 0.2) is 0 Å². The van der Waals surface area contributed by atoms with Gasteiger partial charge in [0, 0.05) is 18.7 Å². The Morgan fingerprint density at radius 2 is 2.00 bits per heavy atom. The van der Waals surface area contributed by atoms with Gasteiger partial charge in [0.15, 0.2) is 0 Å². The van der Waals surface area contributed by atoms with Crippen LogP contribution >= 0.6 is 0 Å². The van der Waals surface area contributed by atoms with Gasteiger partial charge in [-0.05, 0) is 65.1 Å². The summed E-state index contributed by atoms with van der Waals surface area (Å²) < 4.78 is 6.07. The van der Waals surface area contributed by atoms with Crippen LogP contribution in [0.1, 0.15) is 44.9 Å². The molecule has 0 radical (unpaired) electrons. The quantitative estimate of drug-likeness (QED) is 0.793. The van der Waals surface area contributed by atoms with Gasteiger partial charge < -0.3 is 10.1 Å². The molecule has 3 heteroatoms. The molecule has 1 spiro atoms. The molecule has 3 rings (SSSR count). The summed E-state index contributed by atoms with van der Waals surface area (Å²) in [6.45, 7) is 3.62. The fourth-order valence-electron chi connectivity index (χ4n) is 4.17. The average Bonchev–Trinajstić information content (AvgIpc) is 3.01. The Morgan fingerprint density at radius 3 is 2.65 bits per heavy atom. The second kappa shape index (κ2) is 4.87. The number of ether oxygens (including phenoxy) is 1. The SMILES string of the molecule is CN[C@@H]1C[C@]2(CCCO2)CC[C@H]1N1CCCC1. The van der Waals surface area contributed by atoms with Crippen LogP contribution in [0.2, 0.25) is 0 Å². The molecule has 1 N–H and O–H groups in total. The van der Waals surface area contributed by atoms with Crippen LogP contribution in [0.5, 0.6) is 0 Å². The predicted octanol–water partition coefficient (Wildman–Crippen LogP) is 1.77. The topological polar surface area (TPSA) is 24.5 Å². The molecule has 0 aromatic heterocycles. The van der Waals surface area contributed by atoms with E-state index in [0.717, 1.165) is 12.6 Å². The van der Waals surface area contributed by atoms with Gasteiger partial charge in [0.1, 0.15) is 0 Å². The van der Waals surface area contributed by atoms with Crippen molar-refractivity contribution in [2.24, 2.45) is 0 Å². The molecule has 0 amide bonds. The molecule has 3 atom stereocenters. The molecular formula is C14H26N2O. The van der Waals surface area contributed by atoms with E-state index in [2.05, 4.69) is 17.3 Å². The molecule has 1 saturated carbocycles. The third-order valence-corrected chi connectivity index (χ3v) is 5.12. The highest BCUT2D eigenvalue weighted by Gasteiger charge is 2.44. The minimum atomic E-state index is 0.240. The van der Waals surface area contributed by atoms with Crippen LogP contribution in [-0.4, -0.2) is 49.3 Å². The number of likely N-dealkylation sites (tertiary alicyclic amines) is 1. The number of nitrogens with one attached hydrogen (secondary N) is 1. The number of hydrogen-bond acceptors (Lipinski definition) is 3. The molecule has 0 aromatic carbocycles. The van der Waals surface area contributed by atoms with Crippen molar-refractivity contribution in [3.8, 4) is 0 Å². The number of hydrogen-bond donors (Lipinski definition) is 1. The summed E-state index contributed by atoms with van der Waals surface area (Å²) >= 11 is 0. The van der Waals surface area contributed by atoms with Crippen molar-refractivity contribution in [3.05, 3.63) is 0 Å². The highest BCUT2D eigenvalue weighted by Crippen LogP contribution is 2.41. The van der Waals surface area contributed by atoms with Crippen LogP contribution < -0.4 is 5.32 Å². The maximum absolute atomic E-state index is 6.07. The summed E-state index contributed by atoms with van der Waals surface area (Å²) in [5, 5.41) is 3.56. The van der Waals surface area contributed by atoms with E-state index in [1.54, 1.807) is 0 Å². The number of likely N-dealkylation sites (N-methyl/N-ethyl adjacent to an activating group) is 1. The van der Waals surface area contributed by atoms with Crippen LogP contribution in [0.3, 0.4) is 0 Å². The summed E-state index contributed by atoms with van der Waals surface area (Å²) in [5.41, 5.74) is 0.240. The predicted molar refractivity (Wildman–Crippen MR) is 69.2 cm³/mol. The van der Waals surface area contributed by atoms with Crippen molar-refractivity contribution in [1.82, 2.24) is 10.2 Å². The zero-order chi connectivity index (χ0) is 11.7. The van der Waals surface area contributed by atoms with Crippen molar-refractivity contribution in [2.75, 3.05) is 26.7 Å². The van der Waals surface area contributed by atoms with Gasteiger partial charge in [0.2, 0.25) is 0 Å². The van der Waals surface area contributed by atoms with Crippen molar-refractivity contribution in [3.63, 3.8) is 0 Å². The average molecular weight is 238 g/mol. The van der Waals surface area contributed by atoms with Crippen molar-refractivity contribution < 1.29 is 4.74 Å². The van der Waals surface area contributed by atoms with Crippen molar-refractivity contribution >= 4 is 0 Å². The van der Waals surface area contributed by atoms with Gasteiger partial charge in [-0.1, -0.05) is 0 Å². The smallest absolute Gasteiger partial charge is 0.0699 e. The third kappa shape index (κ3) is 2.25. The van der Waals surface area contributed by atoms with E-state index in [4.69, 9.17) is 4.74 Å². The Balaban J connectivity index is 1.67. The Kier molecular flexibility index (Phi) is 3.42. The van der Waals surface area contributed by atoms with Gasteiger partial charge in [0.05, 0.1) is 5.60 Å².